The largest absolute Gasteiger partial charge is 0.297 e. The SMILES string of the molecule is CC(C)C(=O)C(C#N)c1nc2ccccc2s1. The van der Waals surface area contributed by atoms with Crippen molar-refractivity contribution in [2.75, 3.05) is 0 Å². The van der Waals surface area contributed by atoms with Crippen LogP contribution in [0.25, 0.3) is 10.2 Å². The summed E-state index contributed by atoms with van der Waals surface area (Å²) < 4.78 is 1.01. The number of carbonyl (C=O) groups excluding carboxylic acids is 1. The maximum atomic E-state index is 11.9. The summed E-state index contributed by atoms with van der Waals surface area (Å²) in [6.45, 7) is 3.61. The molecule has 0 aliphatic rings. The minimum atomic E-state index is -0.729. The van der Waals surface area contributed by atoms with E-state index in [1.54, 1.807) is 13.8 Å². The van der Waals surface area contributed by atoms with E-state index in [4.69, 9.17) is 5.26 Å². The zero-order chi connectivity index (χ0) is 12.4. The fourth-order valence-corrected chi connectivity index (χ4v) is 2.61. The van der Waals surface area contributed by atoms with E-state index in [0.717, 1.165) is 10.2 Å². The number of ketones is 1. The van der Waals surface area contributed by atoms with E-state index in [-0.39, 0.29) is 11.7 Å². The number of rotatable bonds is 3. The summed E-state index contributed by atoms with van der Waals surface area (Å²) >= 11 is 1.42. The monoisotopic (exact) mass is 244 g/mol. The van der Waals surface area contributed by atoms with Crippen LogP contribution in [0.4, 0.5) is 0 Å². The molecule has 4 heteroatoms. The molecule has 0 saturated heterocycles. The minimum absolute atomic E-state index is 0.0634. The summed E-state index contributed by atoms with van der Waals surface area (Å²) in [6, 6.07) is 9.73. The van der Waals surface area contributed by atoms with E-state index in [9.17, 15) is 4.79 Å². The predicted octanol–water partition coefficient (Wildman–Crippen LogP) is 3.13. The number of benzene rings is 1. The predicted molar refractivity (Wildman–Crippen MR) is 67.8 cm³/mol. The Morgan fingerprint density at radius 1 is 1.41 bits per heavy atom. The Hall–Kier alpha value is -1.73. The number of hydrogen-bond donors (Lipinski definition) is 0. The summed E-state index contributed by atoms with van der Waals surface area (Å²) in [5.74, 6) is -0.939. The summed E-state index contributed by atoms with van der Waals surface area (Å²) in [7, 11) is 0. The van der Waals surface area contributed by atoms with E-state index in [2.05, 4.69) is 11.1 Å². The first kappa shape index (κ1) is 11.7. The molecule has 2 aromatic rings. The third kappa shape index (κ3) is 2.20. The van der Waals surface area contributed by atoms with Crippen molar-refractivity contribution >= 4 is 27.3 Å². The topological polar surface area (TPSA) is 53.8 Å². The molecule has 17 heavy (non-hydrogen) atoms. The van der Waals surface area contributed by atoms with Crippen LogP contribution in [0.1, 0.15) is 24.8 Å². The second-order valence-electron chi connectivity index (χ2n) is 4.14. The van der Waals surface area contributed by atoms with Crippen LogP contribution in [-0.2, 0) is 4.79 Å². The maximum absolute atomic E-state index is 11.9. The molecular formula is C13H12N2OS. The third-order valence-electron chi connectivity index (χ3n) is 2.54. The van der Waals surface area contributed by atoms with Crippen molar-refractivity contribution in [1.82, 2.24) is 4.98 Å². The highest BCUT2D eigenvalue weighted by Gasteiger charge is 2.25. The van der Waals surface area contributed by atoms with Crippen molar-refractivity contribution in [3.63, 3.8) is 0 Å². The van der Waals surface area contributed by atoms with E-state index in [1.807, 2.05) is 24.3 Å². The standard InChI is InChI=1S/C13H12N2OS/c1-8(2)12(16)9(7-14)13-15-10-5-3-4-6-11(10)17-13/h3-6,8-9H,1-2H3. The summed E-state index contributed by atoms with van der Waals surface area (Å²) in [5.41, 5.74) is 0.851. The molecule has 0 radical (unpaired) electrons. The molecule has 1 heterocycles. The zero-order valence-electron chi connectivity index (χ0n) is 9.68. The number of thiazole rings is 1. The summed E-state index contributed by atoms with van der Waals surface area (Å²) in [5, 5.41) is 9.72. The summed E-state index contributed by atoms with van der Waals surface area (Å²) in [6.07, 6.45) is 0. The second kappa shape index (κ2) is 4.64. The fraction of sp³-hybridized carbons (Fsp3) is 0.308. The number of nitrogens with zero attached hydrogens (tertiary/aromatic N) is 2. The Morgan fingerprint density at radius 2 is 2.12 bits per heavy atom. The molecular weight excluding hydrogens is 232 g/mol. The fourth-order valence-electron chi connectivity index (χ4n) is 1.59. The zero-order valence-corrected chi connectivity index (χ0v) is 10.5. The molecule has 0 aliphatic heterocycles. The Morgan fingerprint density at radius 3 is 2.71 bits per heavy atom. The van der Waals surface area contributed by atoms with Crippen LogP contribution >= 0.6 is 11.3 Å². The number of fused-ring (bicyclic) bond motifs is 1. The number of hydrogen-bond acceptors (Lipinski definition) is 4. The average molecular weight is 244 g/mol. The lowest BCUT2D eigenvalue weighted by molar-refractivity contribution is -0.122. The van der Waals surface area contributed by atoms with Crippen LogP contribution in [0.15, 0.2) is 24.3 Å². The van der Waals surface area contributed by atoms with Crippen molar-refractivity contribution in [1.29, 1.82) is 5.26 Å². The highest BCUT2D eigenvalue weighted by atomic mass is 32.1. The van der Waals surface area contributed by atoms with E-state index < -0.39 is 5.92 Å². The van der Waals surface area contributed by atoms with E-state index in [0.29, 0.717) is 5.01 Å². The van der Waals surface area contributed by atoms with Gasteiger partial charge in [-0.15, -0.1) is 11.3 Å². The Kier molecular flexibility index (Phi) is 3.21. The molecule has 0 amide bonds. The van der Waals surface area contributed by atoms with Gasteiger partial charge in [0.1, 0.15) is 5.01 Å². The van der Waals surface area contributed by atoms with Gasteiger partial charge in [0.25, 0.3) is 0 Å². The van der Waals surface area contributed by atoms with Crippen molar-refractivity contribution in [3.05, 3.63) is 29.3 Å². The van der Waals surface area contributed by atoms with Crippen molar-refractivity contribution in [3.8, 4) is 6.07 Å². The molecule has 0 spiro atoms. The number of carbonyl (C=O) groups is 1. The van der Waals surface area contributed by atoms with E-state index >= 15 is 0 Å². The third-order valence-corrected chi connectivity index (χ3v) is 3.64. The van der Waals surface area contributed by atoms with Crippen molar-refractivity contribution < 1.29 is 4.79 Å². The minimum Gasteiger partial charge on any atom is -0.297 e. The van der Waals surface area contributed by atoms with Crippen LogP contribution in [0.5, 0.6) is 0 Å². The smallest absolute Gasteiger partial charge is 0.159 e. The van der Waals surface area contributed by atoms with Gasteiger partial charge in [0.2, 0.25) is 0 Å². The van der Waals surface area contributed by atoms with Crippen molar-refractivity contribution in [2.45, 2.75) is 19.8 Å². The molecule has 0 fully saturated rings. The molecule has 0 aliphatic carbocycles. The molecule has 1 aromatic carbocycles. The lowest BCUT2D eigenvalue weighted by Crippen LogP contribution is -2.16. The first-order chi connectivity index (χ1) is 8.13. The average Bonchev–Trinajstić information content (AvgIpc) is 2.72. The van der Waals surface area contributed by atoms with Gasteiger partial charge in [-0.1, -0.05) is 26.0 Å². The highest BCUT2D eigenvalue weighted by Crippen LogP contribution is 2.29. The number of aromatic nitrogens is 1. The lowest BCUT2D eigenvalue weighted by atomic mass is 9.97. The highest BCUT2D eigenvalue weighted by molar-refractivity contribution is 7.18. The molecule has 3 nitrogen and oxygen atoms in total. The number of nitriles is 1. The van der Waals surface area contributed by atoms with Crippen LogP contribution < -0.4 is 0 Å². The Labute approximate surface area is 104 Å². The van der Waals surface area contributed by atoms with Crippen molar-refractivity contribution in [2.24, 2.45) is 5.92 Å². The van der Waals surface area contributed by atoms with Gasteiger partial charge in [0.15, 0.2) is 11.7 Å². The van der Waals surface area contributed by atoms with Gasteiger partial charge in [0, 0.05) is 5.92 Å². The van der Waals surface area contributed by atoms with Gasteiger partial charge in [-0.25, -0.2) is 4.98 Å². The lowest BCUT2D eigenvalue weighted by Gasteiger charge is -2.06. The molecule has 1 unspecified atom stereocenters. The van der Waals surface area contributed by atoms with Gasteiger partial charge < -0.3 is 0 Å². The Bertz CT molecular complexity index is 562. The van der Waals surface area contributed by atoms with E-state index in [1.165, 1.54) is 11.3 Å². The van der Waals surface area contributed by atoms with Gasteiger partial charge in [-0.3, -0.25) is 4.79 Å². The normalized spacial score (nSPS) is 12.6. The molecule has 0 N–H and O–H groups in total. The first-order valence-electron chi connectivity index (χ1n) is 5.42. The van der Waals surface area contributed by atoms with Gasteiger partial charge in [-0.05, 0) is 12.1 Å². The number of Topliss-reactive ketones (excluding diaryl/α,β-unsaturated/α-hetero) is 1. The second-order valence-corrected chi connectivity index (χ2v) is 5.20. The van der Waals surface area contributed by atoms with Crippen LogP contribution in [0, 0.1) is 17.2 Å². The molecule has 0 bridgehead atoms. The molecule has 0 saturated carbocycles. The molecule has 1 atom stereocenters. The quantitative estimate of drug-likeness (QED) is 0.833. The van der Waals surface area contributed by atoms with Crippen LogP contribution in [0.3, 0.4) is 0 Å². The van der Waals surface area contributed by atoms with Crippen LogP contribution in [-0.4, -0.2) is 10.8 Å². The van der Waals surface area contributed by atoms with Gasteiger partial charge in [-0.2, -0.15) is 5.26 Å². The number of para-hydroxylation sites is 1. The van der Waals surface area contributed by atoms with Crippen LogP contribution in [0.2, 0.25) is 0 Å². The molecule has 1 aromatic heterocycles. The molecule has 86 valence electrons. The first-order valence-corrected chi connectivity index (χ1v) is 6.24. The Balaban J connectivity index is 2.44. The van der Waals surface area contributed by atoms with Gasteiger partial charge >= 0.3 is 0 Å². The molecule has 2 rings (SSSR count). The maximum Gasteiger partial charge on any atom is 0.159 e. The summed E-state index contributed by atoms with van der Waals surface area (Å²) in [4.78, 5) is 16.3. The van der Waals surface area contributed by atoms with Gasteiger partial charge in [0.05, 0.1) is 16.3 Å².